The third kappa shape index (κ3) is 4.16. The van der Waals surface area contributed by atoms with Gasteiger partial charge in [0, 0.05) is 23.3 Å². The molecule has 188 valence electrons. The SMILES string of the molecule is COc1ccc2[nH]c(-c3ccc(N(C(N)=O)c4ccc(-c5nc6cc(OC)ccc6[nH]5)cc4)cc3)nc2c1. The summed E-state index contributed by atoms with van der Waals surface area (Å²) in [6.07, 6.45) is 0. The van der Waals surface area contributed by atoms with Crippen LogP contribution < -0.4 is 20.1 Å². The summed E-state index contributed by atoms with van der Waals surface area (Å²) >= 11 is 0. The molecule has 6 aromatic rings. The van der Waals surface area contributed by atoms with Crippen molar-refractivity contribution in [2.45, 2.75) is 0 Å². The monoisotopic (exact) mass is 504 g/mol. The predicted octanol–water partition coefficient (Wildman–Crippen LogP) is 6.01. The maximum atomic E-state index is 12.5. The lowest BCUT2D eigenvalue weighted by Gasteiger charge is -2.21. The second kappa shape index (κ2) is 9.29. The van der Waals surface area contributed by atoms with Crippen molar-refractivity contribution in [3.05, 3.63) is 84.9 Å². The largest absolute Gasteiger partial charge is 0.497 e. The van der Waals surface area contributed by atoms with Gasteiger partial charge in [-0.1, -0.05) is 0 Å². The minimum atomic E-state index is -0.586. The van der Waals surface area contributed by atoms with Gasteiger partial charge in [-0.05, 0) is 72.8 Å². The molecule has 0 aliphatic heterocycles. The van der Waals surface area contributed by atoms with Crippen LogP contribution in [0.25, 0.3) is 44.8 Å². The van der Waals surface area contributed by atoms with Gasteiger partial charge in [0.15, 0.2) is 0 Å². The van der Waals surface area contributed by atoms with E-state index in [1.807, 2.05) is 84.9 Å². The van der Waals surface area contributed by atoms with Crippen LogP contribution in [0.1, 0.15) is 0 Å². The number of carbonyl (C=O) groups excluding carboxylic acids is 1. The predicted molar refractivity (Wildman–Crippen MR) is 148 cm³/mol. The van der Waals surface area contributed by atoms with Gasteiger partial charge in [-0.25, -0.2) is 14.8 Å². The Balaban J connectivity index is 1.27. The van der Waals surface area contributed by atoms with Crippen molar-refractivity contribution in [3.8, 4) is 34.3 Å². The van der Waals surface area contributed by atoms with Crippen molar-refractivity contribution in [2.75, 3.05) is 19.1 Å². The lowest BCUT2D eigenvalue weighted by molar-refractivity contribution is 0.256. The van der Waals surface area contributed by atoms with Crippen LogP contribution in [-0.2, 0) is 0 Å². The molecule has 2 aromatic heterocycles. The molecular formula is C29H24N6O3. The Labute approximate surface area is 217 Å². The molecule has 0 fully saturated rings. The summed E-state index contributed by atoms with van der Waals surface area (Å²) in [5.74, 6) is 2.93. The van der Waals surface area contributed by atoms with E-state index in [1.165, 1.54) is 4.90 Å². The molecule has 0 unspecified atom stereocenters. The Morgan fingerprint density at radius 3 is 1.47 bits per heavy atom. The van der Waals surface area contributed by atoms with E-state index in [9.17, 15) is 4.79 Å². The van der Waals surface area contributed by atoms with Gasteiger partial charge < -0.3 is 25.2 Å². The van der Waals surface area contributed by atoms with Gasteiger partial charge in [-0.2, -0.15) is 0 Å². The van der Waals surface area contributed by atoms with Gasteiger partial charge in [0.25, 0.3) is 0 Å². The van der Waals surface area contributed by atoms with Crippen LogP contribution in [-0.4, -0.2) is 40.2 Å². The number of H-pyrrole nitrogens is 2. The van der Waals surface area contributed by atoms with Crippen molar-refractivity contribution >= 4 is 39.5 Å². The van der Waals surface area contributed by atoms with E-state index >= 15 is 0 Å². The molecule has 0 atom stereocenters. The summed E-state index contributed by atoms with van der Waals surface area (Å²) in [6.45, 7) is 0. The van der Waals surface area contributed by atoms with Crippen molar-refractivity contribution in [1.82, 2.24) is 19.9 Å². The second-order valence-electron chi connectivity index (χ2n) is 8.70. The molecule has 0 aliphatic rings. The van der Waals surface area contributed by atoms with Gasteiger partial charge in [0.2, 0.25) is 0 Å². The number of anilines is 2. The lowest BCUT2D eigenvalue weighted by atomic mass is 10.1. The van der Waals surface area contributed by atoms with E-state index in [1.54, 1.807) is 14.2 Å². The zero-order valence-electron chi connectivity index (χ0n) is 20.7. The molecule has 4 aromatic carbocycles. The topological polar surface area (TPSA) is 122 Å². The molecule has 6 rings (SSSR count). The fourth-order valence-corrected chi connectivity index (χ4v) is 4.44. The van der Waals surface area contributed by atoms with Crippen LogP contribution in [0.5, 0.6) is 11.5 Å². The molecule has 9 nitrogen and oxygen atoms in total. The Hall–Kier alpha value is -5.31. The number of amides is 2. The standard InChI is InChI=1S/C29H24N6O3/c1-37-21-11-13-23-25(15-21)33-27(31-23)17-3-7-19(8-4-17)35(29(30)36)20-9-5-18(6-10-20)28-32-24-14-12-22(38-2)16-26(24)34-28/h3-16H,1-2H3,(H2,30,36)(H,31,33)(H,32,34). The first-order valence-electron chi connectivity index (χ1n) is 11.9. The molecule has 4 N–H and O–H groups in total. The number of rotatable bonds is 6. The molecule has 0 aliphatic carbocycles. The normalized spacial score (nSPS) is 11.1. The Kier molecular flexibility index (Phi) is 5.65. The van der Waals surface area contributed by atoms with E-state index in [4.69, 9.17) is 15.2 Å². The molecule has 38 heavy (non-hydrogen) atoms. The van der Waals surface area contributed by atoms with Crippen LogP contribution >= 0.6 is 0 Å². The number of aromatic amines is 2. The van der Waals surface area contributed by atoms with Gasteiger partial charge >= 0.3 is 6.03 Å². The van der Waals surface area contributed by atoms with E-state index in [2.05, 4.69) is 19.9 Å². The molecule has 9 heteroatoms. The van der Waals surface area contributed by atoms with E-state index in [-0.39, 0.29) is 0 Å². The number of nitrogens with one attached hydrogen (secondary N) is 2. The number of carbonyl (C=O) groups is 1. The number of ether oxygens (including phenoxy) is 2. The third-order valence-electron chi connectivity index (χ3n) is 6.40. The molecule has 2 amide bonds. The zero-order valence-corrected chi connectivity index (χ0v) is 20.7. The number of benzene rings is 4. The first-order valence-corrected chi connectivity index (χ1v) is 11.9. The van der Waals surface area contributed by atoms with Gasteiger partial charge in [0.1, 0.15) is 23.1 Å². The molecule has 0 spiro atoms. The lowest BCUT2D eigenvalue weighted by Crippen LogP contribution is -2.31. The van der Waals surface area contributed by atoms with Crippen molar-refractivity contribution < 1.29 is 14.3 Å². The average Bonchev–Trinajstić information content (AvgIpc) is 3.57. The molecule has 0 saturated carbocycles. The maximum Gasteiger partial charge on any atom is 0.323 e. The van der Waals surface area contributed by atoms with E-state index in [0.29, 0.717) is 11.4 Å². The quantitative estimate of drug-likeness (QED) is 0.256. The zero-order chi connectivity index (χ0) is 26.2. The second-order valence-corrected chi connectivity index (χ2v) is 8.70. The van der Waals surface area contributed by atoms with Crippen LogP contribution in [0.3, 0.4) is 0 Å². The fourth-order valence-electron chi connectivity index (χ4n) is 4.44. The number of nitrogens with two attached hydrogens (primary N) is 1. The number of nitrogens with zero attached hydrogens (tertiary/aromatic N) is 3. The third-order valence-corrected chi connectivity index (χ3v) is 6.40. The Bertz CT molecular complexity index is 1650. The number of imidazole rings is 2. The Morgan fingerprint density at radius 2 is 1.11 bits per heavy atom. The van der Waals surface area contributed by atoms with Crippen LogP contribution in [0.15, 0.2) is 84.9 Å². The highest BCUT2D eigenvalue weighted by Crippen LogP contribution is 2.31. The summed E-state index contributed by atoms with van der Waals surface area (Å²) in [6, 6.07) is 25.8. The molecular weight excluding hydrogens is 480 g/mol. The highest BCUT2D eigenvalue weighted by molar-refractivity contribution is 5.99. The number of primary amides is 1. The van der Waals surface area contributed by atoms with Crippen LogP contribution in [0, 0.1) is 0 Å². The summed E-state index contributed by atoms with van der Waals surface area (Å²) in [5, 5.41) is 0. The minimum absolute atomic E-state index is 0.586. The Morgan fingerprint density at radius 1 is 0.684 bits per heavy atom. The molecule has 2 heterocycles. The maximum absolute atomic E-state index is 12.5. The number of urea groups is 1. The number of hydrogen-bond donors (Lipinski definition) is 3. The van der Waals surface area contributed by atoms with E-state index < -0.39 is 6.03 Å². The summed E-state index contributed by atoms with van der Waals surface area (Å²) in [4.78, 5) is 29.9. The average molecular weight is 505 g/mol. The summed E-state index contributed by atoms with van der Waals surface area (Å²) < 4.78 is 10.6. The number of fused-ring (bicyclic) bond motifs is 2. The van der Waals surface area contributed by atoms with Gasteiger partial charge in [-0.15, -0.1) is 0 Å². The number of methoxy groups -OCH3 is 2. The van der Waals surface area contributed by atoms with Crippen LogP contribution in [0.4, 0.5) is 16.2 Å². The smallest absolute Gasteiger partial charge is 0.323 e. The first kappa shape index (κ1) is 23.1. The van der Waals surface area contributed by atoms with Crippen molar-refractivity contribution in [2.24, 2.45) is 5.73 Å². The summed E-state index contributed by atoms with van der Waals surface area (Å²) in [7, 11) is 3.25. The highest BCUT2D eigenvalue weighted by atomic mass is 16.5. The number of aromatic nitrogens is 4. The number of hydrogen-bond acceptors (Lipinski definition) is 5. The van der Waals surface area contributed by atoms with Crippen molar-refractivity contribution in [1.29, 1.82) is 0 Å². The van der Waals surface area contributed by atoms with Crippen molar-refractivity contribution in [3.63, 3.8) is 0 Å². The summed E-state index contributed by atoms with van der Waals surface area (Å²) in [5.41, 5.74) is 12.3. The fraction of sp³-hybridized carbons (Fsp3) is 0.0690. The van der Waals surface area contributed by atoms with Gasteiger partial charge in [-0.3, -0.25) is 4.90 Å². The molecule has 0 saturated heterocycles. The molecule has 0 radical (unpaired) electrons. The first-order chi connectivity index (χ1) is 18.5. The molecule has 0 bridgehead atoms. The highest BCUT2D eigenvalue weighted by Gasteiger charge is 2.17. The minimum Gasteiger partial charge on any atom is -0.497 e. The van der Waals surface area contributed by atoms with E-state index in [0.717, 1.165) is 56.3 Å². The van der Waals surface area contributed by atoms with Crippen LogP contribution in [0.2, 0.25) is 0 Å². The van der Waals surface area contributed by atoms with Gasteiger partial charge in [0.05, 0.1) is 47.7 Å².